The van der Waals surface area contributed by atoms with E-state index in [-0.39, 0.29) is 11.9 Å². The molecule has 2 heterocycles. The van der Waals surface area contributed by atoms with Gasteiger partial charge in [-0.15, -0.1) is 0 Å². The van der Waals surface area contributed by atoms with Gasteiger partial charge in [0, 0.05) is 19.3 Å². The first kappa shape index (κ1) is 14.3. The maximum absolute atomic E-state index is 11.8. The first-order chi connectivity index (χ1) is 9.19. The Hall–Kier alpha value is -1.13. The Morgan fingerprint density at radius 2 is 2.47 bits per heavy atom. The smallest absolute Gasteiger partial charge is 0.310 e. The highest BCUT2D eigenvalue weighted by molar-refractivity contribution is 6.29. The number of carbonyl (C=O) groups is 1. The van der Waals surface area contributed by atoms with Crippen molar-refractivity contribution in [1.29, 1.82) is 0 Å². The number of hydrogen-bond acceptors (Lipinski definition) is 4. The maximum atomic E-state index is 11.8. The Bertz CT molecular complexity index is 439. The third-order valence-corrected chi connectivity index (χ3v) is 3.53. The second-order valence-corrected chi connectivity index (χ2v) is 5.20. The van der Waals surface area contributed by atoms with Crippen molar-refractivity contribution in [2.45, 2.75) is 26.3 Å². The molecule has 1 aromatic rings. The number of pyridine rings is 1. The monoisotopic (exact) mass is 282 g/mol. The highest BCUT2D eigenvalue weighted by Gasteiger charge is 2.26. The van der Waals surface area contributed by atoms with Crippen molar-refractivity contribution >= 4 is 17.6 Å². The quantitative estimate of drug-likeness (QED) is 0.629. The average molecular weight is 283 g/mol. The number of esters is 1. The molecular formula is C14H19ClN2O2. The summed E-state index contributed by atoms with van der Waals surface area (Å²) < 4.78 is 5.10. The van der Waals surface area contributed by atoms with Gasteiger partial charge in [0.25, 0.3) is 0 Å². The van der Waals surface area contributed by atoms with Gasteiger partial charge in [-0.1, -0.05) is 11.6 Å². The molecule has 0 unspecified atom stereocenters. The van der Waals surface area contributed by atoms with Crippen molar-refractivity contribution in [3.8, 4) is 0 Å². The van der Waals surface area contributed by atoms with E-state index in [0.29, 0.717) is 11.8 Å². The van der Waals surface area contributed by atoms with Crippen LogP contribution in [-0.4, -0.2) is 35.5 Å². The molecule has 0 spiro atoms. The number of aromatic nitrogens is 1. The number of nitrogens with zero attached hydrogens (tertiary/aromatic N) is 2. The van der Waals surface area contributed by atoms with Crippen molar-refractivity contribution in [2.75, 3.05) is 19.7 Å². The molecular weight excluding hydrogens is 264 g/mol. The average Bonchev–Trinajstić information content (AvgIpc) is 2.39. The second kappa shape index (κ2) is 6.87. The lowest BCUT2D eigenvalue weighted by Crippen LogP contribution is -2.38. The van der Waals surface area contributed by atoms with Crippen LogP contribution in [0, 0.1) is 5.92 Å². The van der Waals surface area contributed by atoms with Crippen LogP contribution >= 0.6 is 11.6 Å². The van der Waals surface area contributed by atoms with Crippen LogP contribution in [0.3, 0.4) is 0 Å². The van der Waals surface area contributed by atoms with Crippen molar-refractivity contribution in [3.63, 3.8) is 0 Å². The predicted octanol–water partition coefficient (Wildman–Crippen LogP) is 2.51. The van der Waals surface area contributed by atoms with Crippen LogP contribution in [0.1, 0.15) is 25.3 Å². The minimum absolute atomic E-state index is 0.00556. The van der Waals surface area contributed by atoms with E-state index in [1.165, 1.54) is 0 Å². The number of rotatable bonds is 4. The van der Waals surface area contributed by atoms with Crippen LogP contribution in [0.2, 0.25) is 5.15 Å². The van der Waals surface area contributed by atoms with Gasteiger partial charge in [0.2, 0.25) is 0 Å². The highest BCUT2D eigenvalue weighted by atomic mass is 35.5. The van der Waals surface area contributed by atoms with E-state index in [1.807, 2.05) is 19.1 Å². The van der Waals surface area contributed by atoms with Gasteiger partial charge in [0.1, 0.15) is 5.15 Å². The molecule has 2 rings (SSSR count). The minimum Gasteiger partial charge on any atom is -0.466 e. The molecule has 0 aromatic carbocycles. The molecule has 0 radical (unpaired) electrons. The Labute approximate surface area is 118 Å². The summed E-state index contributed by atoms with van der Waals surface area (Å²) in [5, 5.41) is 0.511. The van der Waals surface area contributed by atoms with E-state index in [0.717, 1.165) is 38.0 Å². The molecule has 0 amide bonds. The number of hydrogen-bond donors (Lipinski definition) is 0. The minimum atomic E-state index is -0.0695. The number of ether oxygens (including phenoxy) is 1. The van der Waals surface area contributed by atoms with E-state index in [9.17, 15) is 4.79 Å². The number of likely N-dealkylation sites (tertiary alicyclic amines) is 1. The molecule has 19 heavy (non-hydrogen) atoms. The zero-order valence-electron chi connectivity index (χ0n) is 11.1. The lowest BCUT2D eigenvalue weighted by molar-refractivity contribution is -0.150. The summed E-state index contributed by atoms with van der Waals surface area (Å²) in [6, 6.07) is 3.83. The summed E-state index contributed by atoms with van der Waals surface area (Å²) in [5.41, 5.74) is 1.13. The van der Waals surface area contributed by atoms with Crippen molar-refractivity contribution in [3.05, 3.63) is 29.0 Å². The molecule has 0 aliphatic carbocycles. The molecule has 1 aliphatic rings. The summed E-state index contributed by atoms with van der Waals surface area (Å²) in [6.07, 6.45) is 3.67. The third-order valence-electron chi connectivity index (χ3n) is 3.32. The standard InChI is InChI=1S/C14H19ClN2O2/c1-2-19-14(18)12-4-3-7-17(10-12)9-11-5-6-16-13(15)8-11/h5-6,8,12H,2-4,7,9-10H2,1H3/t12-/m0/s1. The van der Waals surface area contributed by atoms with Crippen LogP contribution in [0.15, 0.2) is 18.3 Å². The van der Waals surface area contributed by atoms with Crippen molar-refractivity contribution < 1.29 is 9.53 Å². The van der Waals surface area contributed by atoms with Crippen molar-refractivity contribution in [1.82, 2.24) is 9.88 Å². The molecule has 0 N–H and O–H groups in total. The zero-order valence-corrected chi connectivity index (χ0v) is 11.9. The first-order valence-corrected chi connectivity index (χ1v) is 7.06. The molecule has 4 nitrogen and oxygen atoms in total. The van der Waals surface area contributed by atoms with Crippen molar-refractivity contribution in [2.24, 2.45) is 5.92 Å². The molecule has 0 bridgehead atoms. The lowest BCUT2D eigenvalue weighted by atomic mass is 9.98. The SMILES string of the molecule is CCOC(=O)[C@H]1CCCN(Cc2ccnc(Cl)c2)C1. The Balaban J connectivity index is 1.92. The fraction of sp³-hybridized carbons (Fsp3) is 0.571. The fourth-order valence-electron chi connectivity index (χ4n) is 2.45. The van der Waals surface area contributed by atoms with E-state index < -0.39 is 0 Å². The molecule has 1 saturated heterocycles. The van der Waals surface area contributed by atoms with Gasteiger partial charge >= 0.3 is 5.97 Å². The van der Waals surface area contributed by atoms with E-state index in [2.05, 4.69) is 9.88 Å². The topological polar surface area (TPSA) is 42.4 Å². The van der Waals surface area contributed by atoms with Gasteiger partial charge in [-0.3, -0.25) is 9.69 Å². The maximum Gasteiger partial charge on any atom is 0.310 e. The summed E-state index contributed by atoms with van der Waals surface area (Å²) in [7, 11) is 0. The van der Waals surface area contributed by atoms with Crippen LogP contribution in [-0.2, 0) is 16.1 Å². The van der Waals surface area contributed by atoms with Gasteiger partial charge in [-0.2, -0.15) is 0 Å². The van der Waals surface area contributed by atoms with Gasteiger partial charge < -0.3 is 4.74 Å². The molecule has 104 valence electrons. The zero-order chi connectivity index (χ0) is 13.7. The molecule has 0 saturated carbocycles. The van der Waals surface area contributed by atoms with Crippen LogP contribution < -0.4 is 0 Å². The third kappa shape index (κ3) is 4.18. The molecule has 1 fully saturated rings. The van der Waals surface area contributed by atoms with Gasteiger partial charge in [0.15, 0.2) is 0 Å². The molecule has 1 atom stereocenters. The molecule has 5 heteroatoms. The lowest BCUT2D eigenvalue weighted by Gasteiger charge is -2.31. The highest BCUT2D eigenvalue weighted by Crippen LogP contribution is 2.20. The second-order valence-electron chi connectivity index (χ2n) is 4.81. The van der Waals surface area contributed by atoms with E-state index in [1.54, 1.807) is 6.20 Å². The largest absolute Gasteiger partial charge is 0.466 e. The Morgan fingerprint density at radius 1 is 1.63 bits per heavy atom. The van der Waals surface area contributed by atoms with Crippen LogP contribution in [0.4, 0.5) is 0 Å². The Kier molecular flexibility index (Phi) is 5.16. The summed E-state index contributed by atoms with van der Waals surface area (Å²) >= 11 is 5.88. The number of halogens is 1. The summed E-state index contributed by atoms with van der Waals surface area (Å²) in [4.78, 5) is 18.0. The fourth-order valence-corrected chi connectivity index (χ4v) is 2.65. The van der Waals surface area contributed by atoms with Gasteiger partial charge in [-0.05, 0) is 44.0 Å². The molecule has 1 aromatic heterocycles. The summed E-state index contributed by atoms with van der Waals surface area (Å²) in [6.45, 7) is 4.87. The number of piperidine rings is 1. The summed E-state index contributed by atoms with van der Waals surface area (Å²) in [5.74, 6) is -0.0639. The van der Waals surface area contributed by atoms with Gasteiger partial charge in [-0.25, -0.2) is 4.98 Å². The van der Waals surface area contributed by atoms with Crippen LogP contribution in [0.25, 0.3) is 0 Å². The molecule has 1 aliphatic heterocycles. The van der Waals surface area contributed by atoms with E-state index in [4.69, 9.17) is 16.3 Å². The normalized spacial score (nSPS) is 20.2. The number of carbonyl (C=O) groups excluding carboxylic acids is 1. The van der Waals surface area contributed by atoms with Crippen LogP contribution in [0.5, 0.6) is 0 Å². The van der Waals surface area contributed by atoms with E-state index >= 15 is 0 Å². The predicted molar refractivity (Wildman–Crippen MR) is 73.9 cm³/mol. The van der Waals surface area contributed by atoms with Gasteiger partial charge in [0.05, 0.1) is 12.5 Å². The Morgan fingerprint density at radius 3 is 3.21 bits per heavy atom. The first-order valence-electron chi connectivity index (χ1n) is 6.68.